The molecule has 1 N–H and O–H groups in total. The second-order valence-corrected chi connectivity index (χ2v) is 12.9. The molecular weight excluding hydrogens is 344 g/mol. The lowest BCUT2D eigenvalue weighted by molar-refractivity contribution is 0.0397. The number of aliphatic hydroxyl groups excluding tert-OH is 1. The van der Waals surface area contributed by atoms with Crippen LogP contribution in [0.2, 0.25) is 18.1 Å². The SMILES string of the molecule is CCC(CC)(CC/C=C(/C)c1ccc(CO)s1)O[Si](CC)(CC)CC. The van der Waals surface area contributed by atoms with E-state index in [1.165, 1.54) is 28.6 Å². The Balaban J connectivity index is 2.81. The first-order chi connectivity index (χ1) is 11.9. The highest BCUT2D eigenvalue weighted by molar-refractivity contribution is 7.13. The molecule has 0 bridgehead atoms. The highest BCUT2D eigenvalue weighted by Crippen LogP contribution is 2.35. The van der Waals surface area contributed by atoms with E-state index in [1.807, 2.05) is 6.07 Å². The summed E-state index contributed by atoms with van der Waals surface area (Å²) in [6.45, 7) is 13.8. The van der Waals surface area contributed by atoms with E-state index in [4.69, 9.17) is 4.43 Å². The topological polar surface area (TPSA) is 29.5 Å². The van der Waals surface area contributed by atoms with Gasteiger partial charge in [0, 0.05) is 9.75 Å². The van der Waals surface area contributed by atoms with Crippen LogP contribution in [-0.4, -0.2) is 19.0 Å². The van der Waals surface area contributed by atoms with Crippen LogP contribution in [0.3, 0.4) is 0 Å². The molecule has 144 valence electrons. The van der Waals surface area contributed by atoms with Gasteiger partial charge in [-0.15, -0.1) is 11.3 Å². The molecule has 1 aromatic rings. The monoisotopic (exact) mass is 382 g/mol. The van der Waals surface area contributed by atoms with E-state index in [0.717, 1.165) is 30.6 Å². The van der Waals surface area contributed by atoms with E-state index in [1.54, 1.807) is 11.3 Å². The Hall–Kier alpha value is -0.423. The maximum atomic E-state index is 9.24. The molecule has 0 unspecified atom stereocenters. The van der Waals surface area contributed by atoms with Gasteiger partial charge in [-0.25, -0.2) is 0 Å². The van der Waals surface area contributed by atoms with Crippen molar-refractivity contribution in [2.45, 2.75) is 97.6 Å². The lowest BCUT2D eigenvalue weighted by Crippen LogP contribution is -2.46. The Bertz CT molecular complexity index is 519. The van der Waals surface area contributed by atoms with Gasteiger partial charge in [-0.1, -0.05) is 40.7 Å². The molecular formula is C21H38O2SSi. The Kier molecular flexibility index (Phi) is 9.64. The number of thiophene rings is 1. The normalized spacial score (nSPS) is 13.5. The van der Waals surface area contributed by atoms with Gasteiger partial charge >= 0.3 is 0 Å². The molecule has 0 atom stereocenters. The zero-order valence-corrected chi connectivity index (χ0v) is 19.0. The minimum atomic E-state index is -1.58. The summed E-state index contributed by atoms with van der Waals surface area (Å²) in [4.78, 5) is 2.30. The summed E-state index contributed by atoms with van der Waals surface area (Å²) in [5.41, 5.74) is 1.35. The molecule has 0 amide bonds. The van der Waals surface area contributed by atoms with E-state index in [2.05, 4.69) is 53.7 Å². The van der Waals surface area contributed by atoms with Gasteiger partial charge < -0.3 is 9.53 Å². The molecule has 0 spiro atoms. The average molecular weight is 383 g/mol. The quantitative estimate of drug-likeness (QED) is 0.394. The largest absolute Gasteiger partial charge is 0.411 e. The predicted octanol–water partition coefficient (Wildman–Crippen LogP) is 7.00. The Morgan fingerprint density at radius 1 is 1.12 bits per heavy atom. The van der Waals surface area contributed by atoms with Crippen LogP contribution in [0.25, 0.3) is 5.57 Å². The molecule has 0 saturated carbocycles. The molecule has 2 nitrogen and oxygen atoms in total. The van der Waals surface area contributed by atoms with Crippen molar-refractivity contribution in [2.24, 2.45) is 0 Å². The molecule has 0 aliphatic rings. The third-order valence-corrected chi connectivity index (χ3v) is 11.8. The molecule has 0 aromatic carbocycles. The van der Waals surface area contributed by atoms with Crippen LogP contribution in [0.4, 0.5) is 0 Å². The fourth-order valence-electron chi connectivity index (χ4n) is 3.55. The highest BCUT2D eigenvalue weighted by Gasteiger charge is 2.38. The summed E-state index contributed by atoms with van der Waals surface area (Å²) in [5.74, 6) is 0. The zero-order valence-electron chi connectivity index (χ0n) is 17.2. The van der Waals surface area contributed by atoms with Crippen LogP contribution in [-0.2, 0) is 11.0 Å². The van der Waals surface area contributed by atoms with Gasteiger partial charge in [-0.3, -0.25) is 0 Å². The fraction of sp³-hybridized carbons (Fsp3) is 0.714. The van der Waals surface area contributed by atoms with Crippen molar-refractivity contribution in [3.05, 3.63) is 28.0 Å². The summed E-state index contributed by atoms with van der Waals surface area (Å²) >= 11 is 1.69. The van der Waals surface area contributed by atoms with E-state index in [9.17, 15) is 5.11 Å². The van der Waals surface area contributed by atoms with Crippen LogP contribution >= 0.6 is 11.3 Å². The summed E-state index contributed by atoms with van der Waals surface area (Å²) in [7, 11) is -1.58. The number of aliphatic hydroxyl groups is 1. The highest BCUT2D eigenvalue weighted by atomic mass is 32.1. The maximum Gasteiger partial charge on any atom is 0.192 e. The number of rotatable bonds is 12. The summed E-state index contributed by atoms with van der Waals surface area (Å²) < 4.78 is 6.96. The first kappa shape index (κ1) is 22.6. The fourth-order valence-corrected chi connectivity index (χ4v) is 7.66. The van der Waals surface area contributed by atoms with Gasteiger partial charge in [0.25, 0.3) is 0 Å². The molecule has 1 aromatic heterocycles. The van der Waals surface area contributed by atoms with Crippen molar-refractivity contribution in [3.63, 3.8) is 0 Å². The molecule has 0 fully saturated rings. The van der Waals surface area contributed by atoms with Gasteiger partial charge in [-0.05, 0) is 68.4 Å². The van der Waals surface area contributed by atoms with E-state index >= 15 is 0 Å². The summed E-state index contributed by atoms with van der Waals surface area (Å²) in [6, 6.07) is 7.79. The van der Waals surface area contributed by atoms with Gasteiger partial charge in [0.2, 0.25) is 0 Å². The number of allylic oxidation sites excluding steroid dienone is 2. The van der Waals surface area contributed by atoms with Crippen molar-refractivity contribution in [1.82, 2.24) is 0 Å². The van der Waals surface area contributed by atoms with Crippen LogP contribution < -0.4 is 0 Å². The molecule has 4 heteroatoms. The summed E-state index contributed by atoms with van der Waals surface area (Å²) in [6.07, 6.45) is 6.70. The van der Waals surface area contributed by atoms with Crippen molar-refractivity contribution in [1.29, 1.82) is 0 Å². The minimum absolute atomic E-state index is 0.0384. The number of hydrogen-bond acceptors (Lipinski definition) is 3. The Labute approximate surface area is 160 Å². The lowest BCUT2D eigenvalue weighted by atomic mass is 9.91. The standard InChI is InChI=1S/C21H38O2SSi/c1-7-21(8-2,23-25(9-3,10-4)11-5)16-12-13-18(6)20-15-14-19(17-22)24-20/h13-15,22H,7-12,16-17H2,1-6H3/b18-13-. The van der Waals surface area contributed by atoms with Gasteiger partial charge in [-0.2, -0.15) is 0 Å². The second kappa shape index (κ2) is 10.7. The van der Waals surface area contributed by atoms with Gasteiger partial charge in [0.1, 0.15) is 0 Å². The zero-order chi connectivity index (χ0) is 18.9. The van der Waals surface area contributed by atoms with Crippen LogP contribution in [0.15, 0.2) is 18.2 Å². The molecule has 0 radical (unpaired) electrons. The van der Waals surface area contributed by atoms with Crippen LogP contribution in [0.1, 0.15) is 77.0 Å². The second-order valence-electron chi connectivity index (χ2n) is 7.09. The lowest BCUT2D eigenvalue weighted by Gasteiger charge is -2.42. The van der Waals surface area contributed by atoms with Gasteiger partial charge in [0.05, 0.1) is 12.2 Å². The third kappa shape index (κ3) is 6.06. The minimum Gasteiger partial charge on any atom is -0.411 e. The van der Waals surface area contributed by atoms with Crippen LogP contribution in [0, 0.1) is 0 Å². The van der Waals surface area contributed by atoms with E-state index < -0.39 is 8.32 Å². The van der Waals surface area contributed by atoms with Crippen molar-refractivity contribution in [3.8, 4) is 0 Å². The van der Waals surface area contributed by atoms with Crippen LogP contribution in [0.5, 0.6) is 0 Å². The Morgan fingerprint density at radius 3 is 2.16 bits per heavy atom. The van der Waals surface area contributed by atoms with Crippen molar-refractivity contribution in [2.75, 3.05) is 0 Å². The van der Waals surface area contributed by atoms with Gasteiger partial charge in [0.15, 0.2) is 8.32 Å². The molecule has 0 aliphatic heterocycles. The van der Waals surface area contributed by atoms with E-state index in [0.29, 0.717) is 0 Å². The van der Waals surface area contributed by atoms with E-state index in [-0.39, 0.29) is 12.2 Å². The Morgan fingerprint density at radius 2 is 1.72 bits per heavy atom. The maximum absolute atomic E-state index is 9.24. The molecule has 1 rings (SSSR count). The first-order valence-electron chi connectivity index (χ1n) is 10.0. The molecule has 25 heavy (non-hydrogen) atoms. The van der Waals surface area contributed by atoms with Crippen molar-refractivity contribution < 1.29 is 9.53 Å². The smallest absolute Gasteiger partial charge is 0.192 e. The number of hydrogen-bond donors (Lipinski definition) is 1. The first-order valence-corrected chi connectivity index (χ1v) is 13.3. The third-order valence-electron chi connectivity index (χ3n) is 5.91. The molecule has 1 heterocycles. The average Bonchev–Trinajstić information content (AvgIpc) is 3.14. The molecule has 0 aliphatic carbocycles. The predicted molar refractivity (Wildman–Crippen MR) is 115 cm³/mol. The summed E-state index contributed by atoms with van der Waals surface area (Å²) in [5, 5.41) is 9.24. The van der Waals surface area contributed by atoms with Crippen molar-refractivity contribution >= 4 is 25.2 Å². The molecule has 0 saturated heterocycles.